The van der Waals surface area contributed by atoms with Crippen molar-refractivity contribution in [3.8, 4) is 11.8 Å². The molecule has 1 aromatic carbocycles. The van der Waals surface area contributed by atoms with E-state index in [0.717, 1.165) is 5.69 Å². The smallest absolute Gasteiger partial charge is 0.272 e. The van der Waals surface area contributed by atoms with Gasteiger partial charge in [-0.15, -0.1) is 0 Å². The number of rotatable bonds is 2. The van der Waals surface area contributed by atoms with Crippen molar-refractivity contribution in [2.45, 2.75) is 6.92 Å². The van der Waals surface area contributed by atoms with Gasteiger partial charge in [0.2, 0.25) is 0 Å². The summed E-state index contributed by atoms with van der Waals surface area (Å²) in [7, 11) is 1.83. The molecule has 0 saturated heterocycles. The van der Waals surface area contributed by atoms with Gasteiger partial charge < -0.3 is 15.0 Å². The molecule has 1 heterocycles. The summed E-state index contributed by atoms with van der Waals surface area (Å²) in [4.78, 5) is 12.3. The highest BCUT2D eigenvalue weighted by molar-refractivity contribution is 6.31. The van der Waals surface area contributed by atoms with E-state index < -0.39 is 0 Å². The molecular weight excluding hydrogens is 288 g/mol. The minimum absolute atomic E-state index is 0.236. The van der Waals surface area contributed by atoms with E-state index in [4.69, 9.17) is 16.7 Å². The first-order chi connectivity index (χ1) is 10.0. The number of aromatic nitrogens is 1. The second kappa shape index (κ2) is 6.49. The van der Waals surface area contributed by atoms with E-state index in [-0.39, 0.29) is 12.5 Å². The van der Waals surface area contributed by atoms with Crippen LogP contribution in [0.4, 0.5) is 5.69 Å². The first-order valence-corrected chi connectivity index (χ1v) is 6.73. The number of amides is 1. The van der Waals surface area contributed by atoms with Gasteiger partial charge in [-0.2, -0.15) is 0 Å². The molecule has 0 bridgehead atoms. The third-order valence-corrected chi connectivity index (χ3v) is 3.37. The van der Waals surface area contributed by atoms with Gasteiger partial charge in [0, 0.05) is 23.3 Å². The highest BCUT2D eigenvalue weighted by Crippen LogP contribution is 2.21. The Balaban J connectivity index is 2.32. The predicted octanol–water partition coefficient (Wildman–Crippen LogP) is 2.58. The zero-order valence-corrected chi connectivity index (χ0v) is 12.5. The summed E-state index contributed by atoms with van der Waals surface area (Å²) >= 11 is 5.96. The van der Waals surface area contributed by atoms with Crippen molar-refractivity contribution < 1.29 is 9.90 Å². The summed E-state index contributed by atoms with van der Waals surface area (Å²) in [6.45, 7) is 1.68. The van der Waals surface area contributed by atoms with Crippen LogP contribution in [0.25, 0.3) is 0 Å². The fourth-order valence-corrected chi connectivity index (χ4v) is 2.06. The van der Waals surface area contributed by atoms with Gasteiger partial charge in [0.15, 0.2) is 0 Å². The van der Waals surface area contributed by atoms with Crippen molar-refractivity contribution in [2.75, 3.05) is 11.9 Å². The molecule has 0 fully saturated rings. The van der Waals surface area contributed by atoms with Gasteiger partial charge in [0.1, 0.15) is 12.3 Å². The SMILES string of the molecule is Cc1ccc(C(=O)Nc2cc(Cl)ccc2C#CCO)n1C. The molecule has 1 amide bonds. The minimum atomic E-state index is -0.243. The van der Waals surface area contributed by atoms with E-state index >= 15 is 0 Å². The lowest BCUT2D eigenvalue weighted by Crippen LogP contribution is -2.16. The molecule has 1 aromatic heterocycles. The second-order valence-electron chi connectivity index (χ2n) is 4.52. The van der Waals surface area contributed by atoms with Crippen LogP contribution in [0.2, 0.25) is 5.02 Å². The van der Waals surface area contributed by atoms with Crippen molar-refractivity contribution in [3.05, 3.63) is 52.3 Å². The molecule has 0 aliphatic rings. The molecule has 0 unspecified atom stereocenters. The monoisotopic (exact) mass is 302 g/mol. The molecule has 0 saturated carbocycles. The number of carbonyl (C=O) groups is 1. The van der Waals surface area contributed by atoms with Gasteiger partial charge in [-0.1, -0.05) is 23.4 Å². The Bertz CT molecular complexity index is 738. The van der Waals surface area contributed by atoms with Crippen LogP contribution in [-0.4, -0.2) is 22.2 Å². The molecule has 0 aliphatic carbocycles. The molecule has 0 radical (unpaired) electrons. The van der Waals surface area contributed by atoms with Crippen LogP contribution in [0, 0.1) is 18.8 Å². The number of nitrogens with zero attached hydrogens (tertiary/aromatic N) is 1. The molecular formula is C16H15ClN2O2. The lowest BCUT2D eigenvalue weighted by Gasteiger charge is -2.09. The minimum Gasteiger partial charge on any atom is -0.384 e. The molecule has 0 aliphatic heterocycles. The van der Waals surface area contributed by atoms with Crippen LogP contribution in [0.15, 0.2) is 30.3 Å². The summed E-state index contributed by atoms with van der Waals surface area (Å²) in [5, 5.41) is 12.1. The lowest BCUT2D eigenvalue weighted by molar-refractivity contribution is 0.101. The Kier molecular flexibility index (Phi) is 4.69. The van der Waals surface area contributed by atoms with Crippen LogP contribution in [0.3, 0.4) is 0 Å². The van der Waals surface area contributed by atoms with Crippen LogP contribution in [-0.2, 0) is 7.05 Å². The second-order valence-corrected chi connectivity index (χ2v) is 4.96. The molecule has 0 spiro atoms. The number of benzene rings is 1. The highest BCUT2D eigenvalue weighted by Gasteiger charge is 2.13. The van der Waals surface area contributed by atoms with Crippen molar-refractivity contribution in [1.82, 2.24) is 4.57 Å². The van der Waals surface area contributed by atoms with Gasteiger partial charge >= 0.3 is 0 Å². The summed E-state index contributed by atoms with van der Waals surface area (Å²) in [5.74, 6) is 5.11. The number of nitrogens with one attached hydrogen (secondary N) is 1. The van der Waals surface area contributed by atoms with E-state index in [9.17, 15) is 4.79 Å². The van der Waals surface area contributed by atoms with E-state index in [2.05, 4.69) is 17.2 Å². The van der Waals surface area contributed by atoms with E-state index in [0.29, 0.717) is 22.0 Å². The number of aliphatic hydroxyl groups excluding tert-OH is 1. The fourth-order valence-electron chi connectivity index (χ4n) is 1.89. The maximum Gasteiger partial charge on any atom is 0.272 e. The maximum absolute atomic E-state index is 12.3. The molecule has 108 valence electrons. The Labute approximate surface area is 128 Å². The fraction of sp³-hybridized carbons (Fsp3) is 0.188. The van der Waals surface area contributed by atoms with Crippen molar-refractivity contribution >= 4 is 23.2 Å². The summed E-state index contributed by atoms with van der Waals surface area (Å²) < 4.78 is 1.80. The van der Waals surface area contributed by atoms with Gasteiger partial charge in [0.25, 0.3) is 5.91 Å². The number of aliphatic hydroxyl groups is 1. The van der Waals surface area contributed by atoms with Crippen LogP contribution in [0.1, 0.15) is 21.7 Å². The average molecular weight is 303 g/mol. The largest absolute Gasteiger partial charge is 0.384 e. The van der Waals surface area contributed by atoms with Crippen LogP contribution >= 0.6 is 11.6 Å². The lowest BCUT2D eigenvalue weighted by atomic mass is 10.1. The van der Waals surface area contributed by atoms with Gasteiger partial charge in [0.05, 0.1) is 5.69 Å². The first-order valence-electron chi connectivity index (χ1n) is 6.36. The van der Waals surface area contributed by atoms with Gasteiger partial charge in [-0.05, 0) is 37.3 Å². The normalized spacial score (nSPS) is 9.90. The first kappa shape index (κ1) is 15.2. The molecule has 4 nitrogen and oxygen atoms in total. The molecule has 2 rings (SSSR count). The average Bonchev–Trinajstić information content (AvgIpc) is 2.78. The van der Waals surface area contributed by atoms with E-state index in [1.165, 1.54) is 0 Å². The van der Waals surface area contributed by atoms with Gasteiger partial charge in [-0.25, -0.2) is 0 Å². The van der Waals surface area contributed by atoms with E-state index in [1.54, 1.807) is 28.8 Å². The quantitative estimate of drug-likeness (QED) is 0.838. The standard InChI is InChI=1S/C16H15ClN2O2/c1-11-5-8-15(19(11)2)16(21)18-14-10-13(17)7-6-12(14)4-3-9-20/h5-8,10,20H,9H2,1-2H3,(H,18,21). The highest BCUT2D eigenvalue weighted by atomic mass is 35.5. The number of aryl methyl sites for hydroxylation is 1. The molecule has 2 aromatic rings. The Morgan fingerprint density at radius 1 is 1.38 bits per heavy atom. The Morgan fingerprint density at radius 3 is 2.76 bits per heavy atom. The molecule has 2 N–H and O–H groups in total. The zero-order valence-electron chi connectivity index (χ0n) is 11.8. The third kappa shape index (κ3) is 3.46. The summed E-state index contributed by atoms with van der Waals surface area (Å²) in [6, 6.07) is 8.66. The number of halogens is 1. The van der Waals surface area contributed by atoms with Crippen LogP contribution in [0.5, 0.6) is 0 Å². The van der Waals surface area contributed by atoms with Gasteiger partial charge in [-0.3, -0.25) is 4.79 Å². The third-order valence-electron chi connectivity index (χ3n) is 3.14. The summed E-state index contributed by atoms with van der Waals surface area (Å²) in [6.07, 6.45) is 0. The Hall–Kier alpha value is -2.22. The predicted molar refractivity (Wildman–Crippen MR) is 83.5 cm³/mol. The van der Waals surface area contributed by atoms with E-state index in [1.807, 2.05) is 20.0 Å². The van der Waals surface area contributed by atoms with Crippen molar-refractivity contribution in [3.63, 3.8) is 0 Å². The molecule has 0 atom stereocenters. The molecule has 5 heteroatoms. The van der Waals surface area contributed by atoms with Crippen LogP contribution < -0.4 is 5.32 Å². The Morgan fingerprint density at radius 2 is 2.14 bits per heavy atom. The number of carbonyl (C=O) groups excluding carboxylic acids is 1. The number of hydrogen-bond donors (Lipinski definition) is 2. The zero-order chi connectivity index (χ0) is 15.4. The summed E-state index contributed by atoms with van der Waals surface area (Å²) in [5.41, 5.74) is 2.67. The molecule has 21 heavy (non-hydrogen) atoms. The number of anilines is 1. The topological polar surface area (TPSA) is 54.3 Å². The van der Waals surface area contributed by atoms with Crippen molar-refractivity contribution in [2.24, 2.45) is 7.05 Å². The van der Waals surface area contributed by atoms with Crippen molar-refractivity contribution in [1.29, 1.82) is 0 Å². The maximum atomic E-state index is 12.3. The number of hydrogen-bond acceptors (Lipinski definition) is 2.